The van der Waals surface area contributed by atoms with Gasteiger partial charge < -0.3 is 4.74 Å². The van der Waals surface area contributed by atoms with Crippen molar-refractivity contribution < 1.29 is 13.9 Å². The van der Waals surface area contributed by atoms with Gasteiger partial charge >= 0.3 is 0 Å². The third kappa shape index (κ3) is 3.45. The molecular formula is C16H14BrFO2. The van der Waals surface area contributed by atoms with Crippen LogP contribution in [0.5, 0.6) is 5.75 Å². The topological polar surface area (TPSA) is 26.3 Å². The summed E-state index contributed by atoms with van der Waals surface area (Å²) in [7, 11) is 0. The van der Waals surface area contributed by atoms with Gasteiger partial charge in [0.2, 0.25) is 0 Å². The molecule has 0 aromatic heterocycles. The summed E-state index contributed by atoms with van der Waals surface area (Å²) in [4.78, 5) is 12.3. The minimum absolute atomic E-state index is 0.160. The van der Waals surface area contributed by atoms with E-state index < -0.39 is 0 Å². The second kappa shape index (κ2) is 6.66. The maximum Gasteiger partial charge on any atom is 0.193 e. The highest BCUT2D eigenvalue weighted by Crippen LogP contribution is 2.21. The Morgan fingerprint density at radius 2 is 1.95 bits per heavy atom. The van der Waals surface area contributed by atoms with Crippen molar-refractivity contribution in [2.24, 2.45) is 0 Å². The number of benzene rings is 2. The third-order valence-electron chi connectivity index (χ3n) is 2.75. The van der Waals surface area contributed by atoms with Gasteiger partial charge in [-0.25, -0.2) is 4.39 Å². The molecule has 0 heterocycles. The Kier molecular flexibility index (Phi) is 4.90. The fourth-order valence-corrected chi connectivity index (χ4v) is 2.13. The third-order valence-corrected chi connectivity index (χ3v) is 3.36. The molecule has 2 aromatic carbocycles. The van der Waals surface area contributed by atoms with E-state index in [9.17, 15) is 9.18 Å². The van der Waals surface area contributed by atoms with Crippen molar-refractivity contribution in [1.82, 2.24) is 0 Å². The average molecular weight is 337 g/mol. The molecule has 0 amide bonds. The first-order valence-electron chi connectivity index (χ1n) is 6.34. The van der Waals surface area contributed by atoms with Gasteiger partial charge in [0.25, 0.3) is 0 Å². The summed E-state index contributed by atoms with van der Waals surface area (Å²) in [6.45, 7) is 2.63. The molecule has 0 aliphatic heterocycles. The van der Waals surface area contributed by atoms with Crippen LogP contribution in [0.1, 0.15) is 29.3 Å². The molecule has 0 spiro atoms. The Hall–Kier alpha value is -1.68. The lowest BCUT2D eigenvalue weighted by atomic mass is 10.0. The molecule has 0 radical (unpaired) electrons. The van der Waals surface area contributed by atoms with Crippen molar-refractivity contribution in [1.29, 1.82) is 0 Å². The minimum Gasteiger partial charge on any atom is -0.494 e. The van der Waals surface area contributed by atoms with Crippen molar-refractivity contribution in [3.8, 4) is 5.75 Å². The first-order valence-corrected chi connectivity index (χ1v) is 7.13. The first kappa shape index (κ1) is 14.7. The molecule has 0 unspecified atom stereocenters. The van der Waals surface area contributed by atoms with E-state index in [0.717, 1.165) is 6.42 Å². The number of hydrogen-bond acceptors (Lipinski definition) is 2. The molecule has 104 valence electrons. The number of hydrogen-bond donors (Lipinski definition) is 0. The highest BCUT2D eigenvalue weighted by Gasteiger charge is 2.11. The van der Waals surface area contributed by atoms with Crippen LogP contribution in [0.2, 0.25) is 0 Å². The van der Waals surface area contributed by atoms with Gasteiger partial charge in [-0.1, -0.05) is 19.1 Å². The Morgan fingerprint density at radius 3 is 2.65 bits per heavy atom. The lowest BCUT2D eigenvalue weighted by molar-refractivity contribution is 0.103. The Labute approximate surface area is 125 Å². The van der Waals surface area contributed by atoms with Crippen LogP contribution in [-0.2, 0) is 0 Å². The summed E-state index contributed by atoms with van der Waals surface area (Å²) in [6, 6.07) is 11.2. The van der Waals surface area contributed by atoms with E-state index in [1.165, 1.54) is 18.2 Å². The number of carbonyl (C=O) groups excluding carboxylic acids is 1. The maximum atomic E-state index is 13.2. The van der Waals surface area contributed by atoms with Crippen molar-refractivity contribution in [3.05, 3.63) is 63.9 Å². The lowest BCUT2D eigenvalue weighted by Crippen LogP contribution is -2.03. The number of halogens is 2. The molecular weight excluding hydrogens is 323 g/mol. The Morgan fingerprint density at radius 1 is 1.20 bits per heavy atom. The summed E-state index contributed by atoms with van der Waals surface area (Å²) in [5, 5.41) is 0. The first-order chi connectivity index (χ1) is 9.61. The molecule has 20 heavy (non-hydrogen) atoms. The van der Waals surface area contributed by atoms with Gasteiger partial charge in [0.15, 0.2) is 5.78 Å². The van der Waals surface area contributed by atoms with E-state index in [2.05, 4.69) is 15.9 Å². The molecule has 0 aliphatic rings. The smallest absolute Gasteiger partial charge is 0.193 e. The predicted molar refractivity (Wildman–Crippen MR) is 79.8 cm³/mol. The number of ketones is 1. The van der Waals surface area contributed by atoms with Gasteiger partial charge in [-0.15, -0.1) is 0 Å². The highest BCUT2D eigenvalue weighted by atomic mass is 79.9. The van der Waals surface area contributed by atoms with Crippen molar-refractivity contribution >= 4 is 21.7 Å². The molecule has 2 nitrogen and oxygen atoms in total. The van der Waals surface area contributed by atoms with Gasteiger partial charge in [0.1, 0.15) is 11.6 Å². The van der Waals surface area contributed by atoms with Gasteiger partial charge in [-0.3, -0.25) is 4.79 Å². The molecule has 0 aliphatic carbocycles. The summed E-state index contributed by atoms with van der Waals surface area (Å²) in [5.74, 6) is 0.119. The van der Waals surface area contributed by atoms with E-state index >= 15 is 0 Å². The van der Waals surface area contributed by atoms with Crippen molar-refractivity contribution in [2.75, 3.05) is 6.61 Å². The standard InChI is InChI=1S/C16H14BrFO2/c1-2-8-20-13-5-3-4-11(9-13)16(19)12-6-7-15(18)14(17)10-12/h3-7,9-10H,2,8H2,1H3. The number of ether oxygens (including phenoxy) is 1. The minimum atomic E-state index is -0.387. The Balaban J connectivity index is 2.26. The van der Waals surface area contributed by atoms with E-state index in [1.54, 1.807) is 18.2 Å². The molecule has 0 N–H and O–H groups in total. The lowest BCUT2D eigenvalue weighted by Gasteiger charge is -2.07. The maximum absolute atomic E-state index is 13.2. The fraction of sp³-hybridized carbons (Fsp3) is 0.188. The molecule has 0 fully saturated rings. The molecule has 0 bridgehead atoms. The van der Waals surface area contributed by atoms with Crippen molar-refractivity contribution in [3.63, 3.8) is 0 Å². The zero-order valence-corrected chi connectivity index (χ0v) is 12.6. The van der Waals surface area contributed by atoms with Gasteiger partial charge in [-0.2, -0.15) is 0 Å². The number of carbonyl (C=O) groups is 1. The molecule has 2 aromatic rings. The second-order valence-corrected chi connectivity index (χ2v) is 5.19. The monoisotopic (exact) mass is 336 g/mol. The van der Waals surface area contributed by atoms with Crippen LogP contribution in [0.25, 0.3) is 0 Å². The van der Waals surface area contributed by atoms with E-state index in [4.69, 9.17) is 4.74 Å². The Bertz CT molecular complexity index is 626. The zero-order valence-electron chi connectivity index (χ0n) is 11.0. The van der Waals surface area contributed by atoms with Crippen LogP contribution in [-0.4, -0.2) is 12.4 Å². The normalized spacial score (nSPS) is 10.3. The number of rotatable bonds is 5. The van der Waals surface area contributed by atoms with Crippen LogP contribution in [0, 0.1) is 5.82 Å². The fourth-order valence-electron chi connectivity index (χ4n) is 1.75. The largest absolute Gasteiger partial charge is 0.494 e. The second-order valence-electron chi connectivity index (χ2n) is 4.33. The van der Waals surface area contributed by atoms with E-state index in [0.29, 0.717) is 23.5 Å². The highest BCUT2D eigenvalue weighted by molar-refractivity contribution is 9.10. The van der Waals surface area contributed by atoms with E-state index in [1.807, 2.05) is 13.0 Å². The van der Waals surface area contributed by atoms with Gasteiger partial charge in [0, 0.05) is 11.1 Å². The SMILES string of the molecule is CCCOc1cccc(C(=O)c2ccc(F)c(Br)c2)c1. The summed E-state index contributed by atoms with van der Waals surface area (Å²) >= 11 is 3.08. The van der Waals surface area contributed by atoms with E-state index in [-0.39, 0.29) is 16.1 Å². The quantitative estimate of drug-likeness (QED) is 0.745. The van der Waals surface area contributed by atoms with Crippen LogP contribution >= 0.6 is 15.9 Å². The molecule has 4 heteroatoms. The van der Waals surface area contributed by atoms with Crippen molar-refractivity contribution in [2.45, 2.75) is 13.3 Å². The predicted octanol–water partition coefficient (Wildman–Crippen LogP) is 4.61. The van der Waals surface area contributed by atoms with Crippen LogP contribution in [0.4, 0.5) is 4.39 Å². The molecule has 2 rings (SSSR count). The molecule has 0 saturated carbocycles. The molecule has 0 saturated heterocycles. The average Bonchev–Trinajstić information content (AvgIpc) is 2.47. The van der Waals surface area contributed by atoms with Crippen LogP contribution < -0.4 is 4.74 Å². The van der Waals surface area contributed by atoms with Crippen LogP contribution in [0.15, 0.2) is 46.9 Å². The summed E-state index contributed by atoms with van der Waals surface area (Å²) < 4.78 is 19.0. The van der Waals surface area contributed by atoms with Crippen LogP contribution in [0.3, 0.4) is 0 Å². The summed E-state index contributed by atoms with van der Waals surface area (Å²) in [6.07, 6.45) is 0.906. The zero-order chi connectivity index (χ0) is 14.5. The van der Waals surface area contributed by atoms with Gasteiger partial charge in [0.05, 0.1) is 11.1 Å². The molecule has 0 atom stereocenters. The summed E-state index contributed by atoms with van der Waals surface area (Å²) in [5.41, 5.74) is 0.961. The van der Waals surface area contributed by atoms with Gasteiger partial charge in [-0.05, 0) is 52.7 Å².